The number of hydrogen-bond acceptors (Lipinski definition) is 5. The molecule has 1 aliphatic heterocycles. The summed E-state index contributed by atoms with van der Waals surface area (Å²) in [5.74, 6) is 1.79. The molecule has 3 aromatic heterocycles. The van der Waals surface area contributed by atoms with Gasteiger partial charge in [0.15, 0.2) is 0 Å². The van der Waals surface area contributed by atoms with Crippen LogP contribution in [-0.2, 0) is 6.54 Å². The van der Waals surface area contributed by atoms with Gasteiger partial charge >= 0.3 is 0 Å². The van der Waals surface area contributed by atoms with Crippen molar-refractivity contribution in [2.45, 2.75) is 53.1 Å². The number of aryl methyl sites for hydroxylation is 2. The van der Waals surface area contributed by atoms with Crippen LogP contribution in [0.4, 0.5) is 5.82 Å². The van der Waals surface area contributed by atoms with Crippen molar-refractivity contribution >= 4 is 22.6 Å². The van der Waals surface area contributed by atoms with Gasteiger partial charge in [0.25, 0.3) is 11.5 Å². The molecule has 0 bridgehead atoms. The van der Waals surface area contributed by atoms with Gasteiger partial charge in [-0.2, -0.15) is 0 Å². The highest BCUT2D eigenvalue weighted by Crippen LogP contribution is 2.36. The summed E-state index contributed by atoms with van der Waals surface area (Å²) in [6.07, 6.45) is 4.04. The number of methoxy groups -OCH3 is 1. The summed E-state index contributed by atoms with van der Waals surface area (Å²) in [5.41, 5.74) is 4.67. The molecule has 0 spiro atoms. The van der Waals surface area contributed by atoms with Gasteiger partial charge < -0.3 is 24.5 Å². The number of pyridine rings is 2. The van der Waals surface area contributed by atoms with Gasteiger partial charge in [-0.05, 0) is 70.2 Å². The molecule has 204 valence electrons. The summed E-state index contributed by atoms with van der Waals surface area (Å²) in [4.78, 5) is 35.9. The molecule has 1 amide bonds. The molecule has 0 unspecified atom stereocenters. The first-order chi connectivity index (χ1) is 18.8. The first-order valence-electron chi connectivity index (χ1n) is 13.6. The molecular weight excluding hydrogens is 490 g/mol. The van der Waals surface area contributed by atoms with Crippen LogP contribution in [0.25, 0.3) is 10.9 Å². The van der Waals surface area contributed by atoms with Crippen LogP contribution in [0.5, 0.6) is 5.75 Å². The number of carbonyl (C=O) groups is 1. The van der Waals surface area contributed by atoms with Gasteiger partial charge in [-0.25, -0.2) is 4.98 Å². The number of nitrogens with zero attached hydrogens (tertiary/aromatic N) is 3. The van der Waals surface area contributed by atoms with Crippen molar-refractivity contribution in [1.29, 1.82) is 0 Å². The molecule has 0 radical (unpaired) electrons. The average molecular weight is 528 g/mol. The summed E-state index contributed by atoms with van der Waals surface area (Å²) in [6, 6.07) is 14.3. The zero-order chi connectivity index (χ0) is 27.7. The quantitative estimate of drug-likeness (QED) is 0.350. The summed E-state index contributed by atoms with van der Waals surface area (Å²) in [7, 11) is 1.53. The number of piperidine rings is 1. The smallest absolute Gasteiger partial charge is 0.256 e. The minimum atomic E-state index is -0.257. The maximum Gasteiger partial charge on any atom is 0.256 e. The minimum Gasteiger partial charge on any atom is -0.496 e. The molecule has 8 nitrogen and oxygen atoms in total. The molecule has 0 aliphatic carbocycles. The summed E-state index contributed by atoms with van der Waals surface area (Å²) in [5, 5.41) is 3.90. The monoisotopic (exact) mass is 527 g/mol. The lowest BCUT2D eigenvalue weighted by Crippen LogP contribution is -2.36. The lowest BCUT2D eigenvalue weighted by atomic mass is 9.90. The van der Waals surface area contributed by atoms with Crippen LogP contribution >= 0.6 is 0 Å². The third kappa shape index (κ3) is 5.15. The highest BCUT2D eigenvalue weighted by molar-refractivity contribution is 6.08. The molecule has 1 atom stereocenters. The van der Waals surface area contributed by atoms with E-state index in [1.807, 2.05) is 31.3 Å². The Morgan fingerprint density at radius 3 is 2.59 bits per heavy atom. The SMILES string of the molecule is COc1cc(C)[nH]c(=O)c1CNC(=O)c1c(C)n([C@H](C)C2CCN(c3ccc(C)cn3)CC2)c2ccccc12. The Balaban J connectivity index is 1.37. The largest absolute Gasteiger partial charge is 0.496 e. The lowest BCUT2D eigenvalue weighted by Gasteiger charge is -2.36. The molecule has 1 saturated heterocycles. The van der Waals surface area contributed by atoms with E-state index in [0.29, 0.717) is 28.5 Å². The van der Waals surface area contributed by atoms with Crippen LogP contribution in [0.2, 0.25) is 0 Å². The van der Waals surface area contributed by atoms with E-state index in [1.54, 1.807) is 13.0 Å². The number of carbonyl (C=O) groups excluding carboxylic acids is 1. The van der Waals surface area contributed by atoms with Crippen molar-refractivity contribution in [3.05, 3.63) is 87.1 Å². The van der Waals surface area contributed by atoms with Crippen LogP contribution in [-0.4, -0.2) is 40.6 Å². The number of anilines is 1. The number of rotatable bonds is 7. The van der Waals surface area contributed by atoms with E-state index in [-0.39, 0.29) is 24.1 Å². The van der Waals surface area contributed by atoms with Crippen molar-refractivity contribution < 1.29 is 9.53 Å². The van der Waals surface area contributed by atoms with E-state index in [2.05, 4.69) is 56.8 Å². The number of amides is 1. The van der Waals surface area contributed by atoms with Crippen LogP contribution < -0.4 is 20.5 Å². The maximum atomic E-state index is 13.6. The molecule has 5 rings (SSSR count). The lowest BCUT2D eigenvalue weighted by molar-refractivity contribution is 0.0951. The summed E-state index contributed by atoms with van der Waals surface area (Å²) >= 11 is 0. The second-order valence-corrected chi connectivity index (χ2v) is 10.6. The molecular formula is C31H37N5O3. The van der Waals surface area contributed by atoms with Gasteiger partial charge in [0.05, 0.1) is 24.8 Å². The van der Waals surface area contributed by atoms with Gasteiger partial charge in [-0.3, -0.25) is 9.59 Å². The number of para-hydroxylation sites is 1. The average Bonchev–Trinajstić information content (AvgIpc) is 3.23. The predicted octanol–water partition coefficient (Wildman–Crippen LogP) is 5.07. The highest BCUT2D eigenvalue weighted by atomic mass is 16.5. The van der Waals surface area contributed by atoms with Crippen LogP contribution in [0.3, 0.4) is 0 Å². The third-order valence-electron chi connectivity index (χ3n) is 8.11. The fourth-order valence-corrected chi connectivity index (χ4v) is 5.96. The number of aromatic amines is 1. The summed E-state index contributed by atoms with van der Waals surface area (Å²) < 4.78 is 7.73. The number of aromatic nitrogens is 3. The standard InChI is InChI=1S/C31H37N5O3/c1-19-10-11-28(32-17-19)35-14-12-23(13-15-35)21(3)36-22(4)29(24-8-6-7-9-26(24)36)31(38)33-18-25-27(39-5)16-20(2)34-30(25)37/h6-11,16-17,21,23H,12-15,18H2,1-5H3,(H,33,38)(H,34,37)/t21-/m1/s1. The predicted molar refractivity (Wildman–Crippen MR) is 155 cm³/mol. The van der Waals surface area contributed by atoms with Crippen molar-refractivity contribution in [2.24, 2.45) is 5.92 Å². The Morgan fingerprint density at radius 2 is 1.90 bits per heavy atom. The molecule has 39 heavy (non-hydrogen) atoms. The Bertz CT molecular complexity index is 1550. The molecule has 0 saturated carbocycles. The van der Waals surface area contributed by atoms with Crippen molar-refractivity contribution in [1.82, 2.24) is 19.9 Å². The van der Waals surface area contributed by atoms with E-state index in [0.717, 1.165) is 48.3 Å². The van der Waals surface area contributed by atoms with Gasteiger partial charge in [-0.1, -0.05) is 24.3 Å². The van der Waals surface area contributed by atoms with Crippen LogP contribution in [0, 0.1) is 26.7 Å². The Labute approximate surface area is 229 Å². The number of hydrogen-bond donors (Lipinski definition) is 2. The van der Waals surface area contributed by atoms with E-state index < -0.39 is 0 Å². The van der Waals surface area contributed by atoms with Crippen molar-refractivity contribution in [2.75, 3.05) is 25.1 Å². The molecule has 1 aliphatic rings. The molecule has 1 fully saturated rings. The van der Waals surface area contributed by atoms with E-state index in [9.17, 15) is 9.59 Å². The Morgan fingerprint density at radius 1 is 1.15 bits per heavy atom. The second-order valence-electron chi connectivity index (χ2n) is 10.6. The Hall–Kier alpha value is -4.07. The topological polar surface area (TPSA) is 92.2 Å². The summed E-state index contributed by atoms with van der Waals surface area (Å²) in [6.45, 7) is 10.2. The van der Waals surface area contributed by atoms with E-state index >= 15 is 0 Å². The zero-order valence-corrected chi connectivity index (χ0v) is 23.4. The van der Waals surface area contributed by atoms with Crippen molar-refractivity contribution in [3.63, 3.8) is 0 Å². The number of nitrogens with one attached hydrogen (secondary N) is 2. The molecule has 4 heterocycles. The first-order valence-corrected chi connectivity index (χ1v) is 13.6. The molecule has 4 aromatic rings. The molecule has 1 aromatic carbocycles. The van der Waals surface area contributed by atoms with E-state index in [4.69, 9.17) is 4.74 Å². The van der Waals surface area contributed by atoms with Gasteiger partial charge in [0.1, 0.15) is 11.6 Å². The van der Waals surface area contributed by atoms with Gasteiger partial charge in [0.2, 0.25) is 0 Å². The minimum absolute atomic E-state index is 0.0810. The zero-order valence-electron chi connectivity index (χ0n) is 23.4. The second kappa shape index (κ2) is 11.0. The van der Waals surface area contributed by atoms with Gasteiger partial charge in [0, 0.05) is 47.6 Å². The third-order valence-corrected chi connectivity index (χ3v) is 8.11. The number of H-pyrrole nitrogens is 1. The molecule has 2 N–H and O–H groups in total. The number of ether oxygens (including phenoxy) is 1. The van der Waals surface area contributed by atoms with Crippen LogP contribution in [0.1, 0.15) is 58.7 Å². The fraction of sp³-hybridized carbons (Fsp3) is 0.387. The highest BCUT2D eigenvalue weighted by Gasteiger charge is 2.29. The normalized spacial score (nSPS) is 14.9. The van der Waals surface area contributed by atoms with Gasteiger partial charge in [-0.15, -0.1) is 0 Å². The molecule has 8 heteroatoms. The van der Waals surface area contributed by atoms with E-state index in [1.165, 1.54) is 12.7 Å². The Kier molecular flexibility index (Phi) is 7.46. The maximum absolute atomic E-state index is 13.6. The van der Waals surface area contributed by atoms with Crippen molar-refractivity contribution in [3.8, 4) is 5.75 Å². The number of fused-ring (bicyclic) bond motifs is 1. The first kappa shape index (κ1) is 26.5. The number of benzene rings is 1. The van der Waals surface area contributed by atoms with Crippen LogP contribution in [0.15, 0.2) is 53.5 Å². The fourth-order valence-electron chi connectivity index (χ4n) is 5.96.